The van der Waals surface area contributed by atoms with E-state index in [0.717, 1.165) is 16.9 Å². The van der Waals surface area contributed by atoms with Crippen molar-refractivity contribution in [3.05, 3.63) is 28.0 Å². The number of hydrogen-bond acceptors (Lipinski definition) is 1. The van der Waals surface area contributed by atoms with Crippen LogP contribution in [-0.4, -0.2) is 9.97 Å². The molecule has 0 atom stereocenters. The lowest BCUT2D eigenvalue weighted by molar-refractivity contribution is 0.465. The van der Waals surface area contributed by atoms with E-state index in [1.54, 1.807) is 0 Å². The zero-order valence-corrected chi connectivity index (χ0v) is 11.2. The van der Waals surface area contributed by atoms with Gasteiger partial charge in [0.05, 0.1) is 21.1 Å². The van der Waals surface area contributed by atoms with Crippen LogP contribution in [0, 0.1) is 0 Å². The minimum absolute atomic E-state index is 0.192. The monoisotopic (exact) mass is 268 g/mol. The number of nitrogens with one attached hydrogen (secondary N) is 1. The second kappa shape index (κ2) is 3.89. The van der Waals surface area contributed by atoms with Crippen LogP contribution in [0.2, 0.25) is 10.0 Å². The van der Waals surface area contributed by atoms with Crippen LogP contribution < -0.4 is 0 Å². The predicted molar refractivity (Wildman–Crippen MR) is 71.9 cm³/mol. The summed E-state index contributed by atoms with van der Waals surface area (Å²) in [7, 11) is 0. The number of hydrogen-bond donors (Lipinski definition) is 1. The Balaban J connectivity index is 2.13. The summed E-state index contributed by atoms with van der Waals surface area (Å²) in [5.41, 5.74) is 2.07. The SMILES string of the molecule is CC1(c2nc3cc(Cl)c(Cl)cc3[nH]2)CCCC1. The van der Waals surface area contributed by atoms with Gasteiger partial charge in [0.1, 0.15) is 5.82 Å². The van der Waals surface area contributed by atoms with Crippen LogP contribution in [0.4, 0.5) is 0 Å². The topological polar surface area (TPSA) is 28.7 Å². The fraction of sp³-hybridized carbons (Fsp3) is 0.462. The Morgan fingerprint density at radius 1 is 1.18 bits per heavy atom. The molecule has 0 radical (unpaired) electrons. The lowest BCUT2D eigenvalue weighted by atomic mass is 9.88. The molecule has 1 heterocycles. The molecule has 0 saturated heterocycles. The van der Waals surface area contributed by atoms with Crippen molar-refractivity contribution >= 4 is 34.2 Å². The highest BCUT2D eigenvalue weighted by Crippen LogP contribution is 2.40. The Labute approximate surface area is 110 Å². The summed E-state index contributed by atoms with van der Waals surface area (Å²) >= 11 is 12.0. The first kappa shape index (κ1) is 11.4. The van der Waals surface area contributed by atoms with Gasteiger partial charge in [-0.05, 0) is 25.0 Å². The van der Waals surface area contributed by atoms with Gasteiger partial charge in [-0.2, -0.15) is 0 Å². The summed E-state index contributed by atoms with van der Waals surface area (Å²) in [6.45, 7) is 2.28. The molecule has 1 fully saturated rings. The molecule has 0 spiro atoms. The average molecular weight is 269 g/mol. The lowest BCUT2D eigenvalue weighted by Gasteiger charge is -2.19. The van der Waals surface area contributed by atoms with E-state index in [2.05, 4.69) is 16.9 Å². The number of nitrogens with zero attached hydrogens (tertiary/aromatic N) is 1. The third-order valence-electron chi connectivity index (χ3n) is 3.80. The Morgan fingerprint density at radius 2 is 1.82 bits per heavy atom. The van der Waals surface area contributed by atoms with Crippen molar-refractivity contribution in [1.29, 1.82) is 0 Å². The van der Waals surface area contributed by atoms with E-state index in [9.17, 15) is 0 Å². The highest BCUT2D eigenvalue weighted by atomic mass is 35.5. The van der Waals surface area contributed by atoms with Crippen molar-refractivity contribution in [3.8, 4) is 0 Å². The summed E-state index contributed by atoms with van der Waals surface area (Å²) in [5.74, 6) is 1.07. The number of benzene rings is 1. The number of fused-ring (bicyclic) bond motifs is 1. The Kier molecular flexibility index (Phi) is 2.60. The van der Waals surface area contributed by atoms with E-state index in [0.29, 0.717) is 10.0 Å². The molecule has 1 aliphatic carbocycles. The van der Waals surface area contributed by atoms with Gasteiger partial charge < -0.3 is 4.98 Å². The van der Waals surface area contributed by atoms with Gasteiger partial charge in [0, 0.05) is 5.41 Å². The van der Waals surface area contributed by atoms with Crippen molar-refractivity contribution in [2.45, 2.75) is 38.0 Å². The average Bonchev–Trinajstić information content (AvgIpc) is 2.87. The summed E-state index contributed by atoms with van der Waals surface area (Å²) in [5, 5.41) is 1.14. The van der Waals surface area contributed by atoms with Crippen LogP contribution in [0.25, 0.3) is 11.0 Å². The third kappa shape index (κ3) is 1.84. The van der Waals surface area contributed by atoms with Crippen molar-refractivity contribution in [2.75, 3.05) is 0 Å². The molecule has 3 rings (SSSR count). The third-order valence-corrected chi connectivity index (χ3v) is 4.52. The summed E-state index contributed by atoms with van der Waals surface area (Å²) in [6.07, 6.45) is 4.98. The van der Waals surface area contributed by atoms with Crippen LogP contribution >= 0.6 is 23.2 Å². The minimum atomic E-state index is 0.192. The molecule has 1 aromatic carbocycles. The van der Waals surface area contributed by atoms with Crippen molar-refractivity contribution in [2.24, 2.45) is 0 Å². The molecule has 0 amide bonds. The van der Waals surface area contributed by atoms with Gasteiger partial charge in [-0.3, -0.25) is 0 Å². The molecule has 17 heavy (non-hydrogen) atoms. The maximum atomic E-state index is 6.01. The molecule has 1 aliphatic rings. The number of H-pyrrole nitrogens is 1. The van der Waals surface area contributed by atoms with Crippen LogP contribution in [0.3, 0.4) is 0 Å². The summed E-state index contributed by atoms with van der Waals surface area (Å²) < 4.78 is 0. The largest absolute Gasteiger partial charge is 0.341 e. The minimum Gasteiger partial charge on any atom is -0.341 e. The first-order chi connectivity index (χ1) is 8.08. The molecule has 90 valence electrons. The van der Waals surface area contributed by atoms with Crippen LogP contribution in [0.15, 0.2) is 12.1 Å². The second-order valence-corrected chi connectivity index (χ2v) is 5.95. The molecular formula is C13H14Cl2N2. The molecule has 1 aromatic heterocycles. The van der Waals surface area contributed by atoms with Crippen molar-refractivity contribution in [3.63, 3.8) is 0 Å². The standard InChI is InChI=1S/C13H14Cl2N2/c1-13(4-2-3-5-13)12-16-10-6-8(14)9(15)7-11(10)17-12/h6-7H,2-5H2,1H3,(H,16,17). The smallest absolute Gasteiger partial charge is 0.113 e. The van der Waals surface area contributed by atoms with Gasteiger partial charge in [-0.1, -0.05) is 43.0 Å². The molecule has 1 saturated carbocycles. The number of halogens is 2. The zero-order valence-electron chi connectivity index (χ0n) is 9.69. The van der Waals surface area contributed by atoms with Gasteiger partial charge in [0.15, 0.2) is 0 Å². The predicted octanol–water partition coefficient (Wildman–Crippen LogP) is 4.70. The van der Waals surface area contributed by atoms with E-state index in [-0.39, 0.29) is 5.41 Å². The number of aromatic amines is 1. The van der Waals surface area contributed by atoms with Gasteiger partial charge >= 0.3 is 0 Å². The van der Waals surface area contributed by atoms with Gasteiger partial charge in [0.2, 0.25) is 0 Å². The van der Waals surface area contributed by atoms with E-state index >= 15 is 0 Å². The zero-order chi connectivity index (χ0) is 12.0. The fourth-order valence-corrected chi connectivity index (χ4v) is 3.00. The first-order valence-electron chi connectivity index (χ1n) is 5.94. The highest BCUT2D eigenvalue weighted by Gasteiger charge is 2.33. The first-order valence-corrected chi connectivity index (χ1v) is 6.69. The van der Waals surface area contributed by atoms with Crippen LogP contribution in [-0.2, 0) is 5.41 Å². The summed E-state index contributed by atoms with van der Waals surface area (Å²) in [6, 6.07) is 3.69. The van der Waals surface area contributed by atoms with Crippen LogP contribution in [0.5, 0.6) is 0 Å². The van der Waals surface area contributed by atoms with Gasteiger partial charge in [0.25, 0.3) is 0 Å². The maximum Gasteiger partial charge on any atom is 0.113 e. The Bertz CT molecular complexity index is 529. The van der Waals surface area contributed by atoms with E-state index in [4.69, 9.17) is 23.2 Å². The molecule has 4 heteroatoms. The maximum absolute atomic E-state index is 6.01. The van der Waals surface area contributed by atoms with Gasteiger partial charge in [-0.25, -0.2) is 4.98 Å². The molecule has 0 bridgehead atoms. The van der Waals surface area contributed by atoms with Gasteiger partial charge in [-0.15, -0.1) is 0 Å². The Hall–Kier alpha value is -0.730. The Morgan fingerprint density at radius 3 is 2.53 bits per heavy atom. The lowest BCUT2D eigenvalue weighted by Crippen LogP contribution is -2.18. The molecule has 2 nitrogen and oxygen atoms in total. The quantitative estimate of drug-likeness (QED) is 0.798. The van der Waals surface area contributed by atoms with E-state index in [1.165, 1.54) is 25.7 Å². The molecular weight excluding hydrogens is 255 g/mol. The van der Waals surface area contributed by atoms with Crippen LogP contribution in [0.1, 0.15) is 38.4 Å². The number of aromatic nitrogens is 2. The van der Waals surface area contributed by atoms with E-state index in [1.807, 2.05) is 12.1 Å². The highest BCUT2D eigenvalue weighted by molar-refractivity contribution is 6.42. The molecule has 0 aliphatic heterocycles. The number of rotatable bonds is 1. The van der Waals surface area contributed by atoms with E-state index < -0.39 is 0 Å². The molecule has 1 N–H and O–H groups in total. The summed E-state index contributed by atoms with van der Waals surface area (Å²) in [4.78, 5) is 8.06. The normalized spacial score (nSPS) is 19.0. The second-order valence-electron chi connectivity index (χ2n) is 5.14. The number of imidazole rings is 1. The van der Waals surface area contributed by atoms with Crippen molar-refractivity contribution in [1.82, 2.24) is 9.97 Å². The van der Waals surface area contributed by atoms with Crippen molar-refractivity contribution < 1.29 is 0 Å². The fourth-order valence-electron chi connectivity index (χ4n) is 2.68. The molecule has 2 aromatic rings. The molecule has 0 unspecified atom stereocenters.